The van der Waals surface area contributed by atoms with E-state index in [4.69, 9.17) is 0 Å². The smallest absolute Gasteiger partial charge is 0.181 e. The quantitative estimate of drug-likeness (QED) is 0.503. The standard InChI is InChI=1S/C14H18O/c1-3-4-5-6-7-9-13-10-8-11-14(15)12(13)2/h5-9,11,13H,2-4,10H2,1H3/b6-5+,9-7+/t13-/m1/s1. The Morgan fingerprint density at radius 1 is 1.53 bits per heavy atom. The van der Waals surface area contributed by atoms with Crippen molar-refractivity contribution in [2.75, 3.05) is 0 Å². The molecular formula is C14H18O. The van der Waals surface area contributed by atoms with Gasteiger partial charge in [-0.25, -0.2) is 0 Å². The van der Waals surface area contributed by atoms with Gasteiger partial charge in [-0.15, -0.1) is 0 Å². The second-order valence-electron chi connectivity index (χ2n) is 3.74. The third kappa shape index (κ3) is 3.70. The molecule has 0 aliphatic heterocycles. The van der Waals surface area contributed by atoms with Gasteiger partial charge in [0.1, 0.15) is 0 Å². The van der Waals surface area contributed by atoms with Crippen LogP contribution in [0, 0.1) is 5.92 Å². The summed E-state index contributed by atoms with van der Waals surface area (Å²) < 4.78 is 0. The average molecular weight is 202 g/mol. The van der Waals surface area contributed by atoms with Gasteiger partial charge in [0.15, 0.2) is 5.78 Å². The van der Waals surface area contributed by atoms with Crippen molar-refractivity contribution in [3.8, 4) is 0 Å². The molecule has 0 amide bonds. The van der Waals surface area contributed by atoms with Gasteiger partial charge in [-0.1, -0.05) is 50.3 Å². The van der Waals surface area contributed by atoms with Crippen molar-refractivity contribution in [2.45, 2.75) is 26.2 Å². The fourth-order valence-corrected chi connectivity index (χ4v) is 1.49. The lowest BCUT2D eigenvalue weighted by Crippen LogP contribution is -2.11. The van der Waals surface area contributed by atoms with Gasteiger partial charge in [0.2, 0.25) is 0 Å². The van der Waals surface area contributed by atoms with Crippen LogP contribution >= 0.6 is 0 Å². The van der Waals surface area contributed by atoms with E-state index in [2.05, 4.69) is 25.7 Å². The second kappa shape index (κ2) is 6.18. The first-order chi connectivity index (χ1) is 7.25. The first-order valence-electron chi connectivity index (χ1n) is 5.48. The maximum atomic E-state index is 11.3. The molecule has 1 nitrogen and oxygen atoms in total. The maximum absolute atomic E-state index is 11.3. The zero-order valence-corrected chi connectivity index (χ0v) is 9.28. The number of carbonyl (C=O) groups is 1. The predicted octanol–water partition coefficient (Wildman–Crippen LogP) is 3.60. The van der Waals surface area contributed by atoms with E-state index in [0.717, 1.165) is 12.8 Å². The molecule has 1 aliphatic rings. The third-order valence-corrected chi connectivity index (χ3v) is 2.47. The number of carbonyl (C=O) groups excluding carboxylic acids is 1. The third-order valence-electron chi connectivity index (χ3n) is 2.47. The van der Waals surface area contributed by atoms with E-state index in [-0.39, 0.29) is 11.7 Å². The Bertz CT molecular complexity index is 318. The van der Waals surface area contributed by atoms with Crippen LogP contribution in [-0.4, -0.2) is 5.78 Å². The van der Waals surface area contributed by atoms with Gasteiger partial charge in [-0.05, 0) is 24.5 Å². The van der Waals surface area contributed by atoms with Crippen molar-refractivity contribution in [3.05, 3.63) is 48.6 Å². The van der Waals surface area contributed by atoms with Gasteiger partial charge in [-0.2, -0.15) is 0 Å². The summed E-state index contributed by atoms with van der Waals surface area (Å²) in [5.41, 5.74) is 0.706. The van der Waals surface area contributed by atoms with E-state index in [1.165, 1.54) is 6.42 Å². The average Bonchev–Trinajstić information content (AvgIpc) is 2.24. The minimum absolute atomic E-state index is 0.0634. The monoisotopic (exact) mass is 202 g/mol. The SMILES string of the molecule is C=C1C(=O)C=CC[C@H]1/C=C/C=C/CCC. The summed E-state index contributed by atoms with van der Waals surface area (Å²) in [7, 11) is 0. The first-order valence-corrected chi connectivity index (χ1v) is 5.48. The normalized spacial score (nSPS) is 22.1. The van der Waals surface area contributed by atoms with Crippen molar-refractivity contribution in [1.29, 1.82) is 0 Å². The molecule has 0 spiro atoms. The van der Waals surface area contributed by atoms with E-state index in [0.29, 0.717) is 5.57 Å². The van der Waals surface area contributed by atoms with Crippen LogP contribution in [0.5, 0.6) is 0 Å². The van der Waals surface area contributed by atoms with Gasteiger partial charge in [0.25, 0.3) is 0 Å². The molecule has 0 fully saturated rings. The number of hydrogen-bond donors (Lipinski definition) is 0. The zero-order valence-electron chi connectivity index (χ0n) is 9.28. The van der Waals surface area contributed by atoms with Crippen LogP contribution in [0.3, 0.4) is 0 Å². The summed E-state index contributed by atoms with van der Waals surface area (Å²) in [5, 5.41) is 0. The van der Waals surface area contributed by atoms with Crippen LogP contribution in [0.1, 0.15) is 26.2 Å². The van der Waals surface area contributed by atoms with Crippen LogP contribution in [0.2, 0.25) is 0 Å². The molecule has 80 valence electrons. The highest BCUT2D eigenvalue weighted by atomic mass is 16.1. The number of ketones is 1. The summed E-state index contributed by atoms with van der Waals surface area (Å²) in [5.74, 6) is 0.252. The topological polar surface area (TPSA) is 17.1 Å². The molecule has 1 heteroatoms. The predicted molar refractivity (Wildman–Crippen MR) is 64.6 cm³/mol. The second-order valence-corrected chi connectivity index (χ2v) is 3.74. The minimum Gasteiger partial charge on any atom is -0.290 e. The molecule has 0 N–H and O–H groups in total. The summed E-state index contributed by atoms with van der Waals surface area (Å²) >= 11 is 0. The van der Waals surface area contributed by atoms with Crippen molar-refractivity contribution in [1.82, 2.24) is 0 Å². The molecule has 0 radical (unpaired) electrons. The molecule has 0 saturated heterocycles. The zero-order chi connectivity index (χ0) is 11.1. The Balaban J connectivity index is 2.48. The molecule has 0 bridgehead atoms. The molecule has 1 rings (SSSR count). The van der Waals surface area contributed by atoms with E-state index >= 15 is 0 Å². The first kappa shape index (κ1) is 11.7. The highest BCUT2D eigenvalue weighted by molar-refractivity contribution is 6.04. The number of hydrogen-bond acceptors (Lipinski definition) is 1. The molecule has 1 atom stereocenters. The number of unbranched alkanes of at least 4 members (excludes halogenated alkanes) is 1. The summed E-state index contributed by atoms with van der Waals surface area (Å²) in [6, 6.07) is 0. The molecule has 0 aromatic carbocycles. The molecule has 1 aliphatic carbocycles. The Labute approximate surface area is 91.9 Å². The summed E-state index contributed by atoms with van der Waals surface area (Å²) in [6.45, 7) is 5.97. The number of allylic oxidation sites excluding steroid dienone is 7. The highest BCUT2D eigenvalue weighted by Gasteiger charge is 2.16. The summed E-state index contributed by atoms with van der Waals surface area (Å²) in [4.78, 5) is 11.3. The van der Waals surface area contributed by atoms with Crippen LogP contribution in [0.4, 0.5) is 0 Å². The Hall–Kier alpha value is -1.37. The van der Waals surface area contributed by atoms with Gasteiger partial charge in [-0.3, -0.25) is 4.79 Å². The van der Waals surface area contributed by atoms with E-state index in [1.54, 1.807) is 6.08 Å². The molecule has 0 heterocycles. The van der Waals surface area contributed by atoms with Gasteiger partial charge < -0.3 is 0 Å². The molecule has 0 aromatic heterocycles. The molecule has 0 aromatic rings. The van der Waals surface area contributed by atoms with E-state index in [9.17, 15) is 4.79 Å². The van der Waals surface area contributed by atoms with Crippen LogP contribution in [0.25, 0.3) is 0 Å². The lowest BCUT2D eigenvalue weighted by molar-refractivity contribution is -0.111. The van der Waals surface area contributed by atoms with Crippen LogP contribution in [-0.2, 0) is 4.79 Å². The maximum Gasteiger partial charge on any atom is 0.181 e. The molecule has 15 heavy (non-hydrogen) atoms. The van der Waals surface area contributed by atoms with Crippen molar-refractivity contribution in [3.63, 3.8) is 0 Å². The Kier molecular flexibility index (Phi) is 4.82. The highest BCUT2D eigenvalue weighted by Crippen LogP contribution is 2.21. The van der Waals surface area contributed by atoms with E-state index in [1.807, 2.05) is 18.2 Å². The van der Waals surface area contributed by atoms with Crippen molar-refractivity contribution in [2.24, 2.45) is 5.92 Å². The lowest BCUT2D eigenvalue weighted by atomic mass is 9.88. The largest absolute Gasteiger partial charge is 0.290 e. The molecular weight excluding hydrogens is 184 g/mol. The van der Waals surface area contributed by atoms with Crippen molar-refractivity contribution < 1.29 is 4.79 Å². The Morgan fingerprint density at radius 3 is 3.07 bits per heavy atom. The Morgan fingerprint density at radius 2 is 2.33 bits per heavy atom. The lowest BCUT2D eigenvalue weighted by Gasteiger charge is -2.14. The van der Waals surface area contributed by atoms with Gasteiger partial charge in [0.05, 0.1) is 0 Å². The molecule has 0 unspecified atom stereocenters. The minimum atomic E-state index is 0.0634. The molecule has 0 saturated carbocycles. The van der Waals surface area contributed by atoms with Gasteiger partial charge >= 0.3 is 0 Å². The number of rotatable bonds is 4. The van der Waals surface area contributed by atoms with Crippen LogP contribution in [0.15, 0.2) is 48.6 Å². The van der Waals surface area contributed by atoms with Crippen LogP contribution < -0.4 is 0 Å². The van der Waals surface area contributed by atoms with E-state index < -0.39 is 0 Å². The summed E-state index contributed by atoms with van der Waals surface area (Å²) in [6.07, 6.45) is 14.9. The fraction of sp³-hybridized carbons (Fsp3) is 0.357. The van der Waals surface area contributed by atoms with Gasteiger partial charge in [0, 0.05) is 5.92 Å². The van der Waals surface area contributed by atoms with Crippen molar-refractivity contribution >= 4 is 5.78 Å². The fourth-order valence-electron chi connectivity index (χ4n) is 1.49.